The van der Waals surface area contributed by atoms with E-state index in [-0.39, 0.29) is 111 Å². The van der Waals surface area contributed by atoms with Gasteiger partial charge in [-0.25, -0.2) is 14.5 Å². The fourth-order valence-electron chi connectivity index (χ4n) is 9.90. The number of oxime groups is 1. The number of hydrogen-bond acceptors (Lipinski definition) is 21. The zero-order valence-corrected chi connectivity index (χ0v) is 46.6. The number of carbonyl (C=O) groups is 5. The van der Waals surface area contributed by atoms with Crippen molar-refractivity contribution in [3.05, 3.63) is 89.0 Å². The molecule has 26 heteroatoms. The number of fused-ring (bicyclic) bond motifs is 4. The molecule has 0 aliphatic carbocycles. The second kappa shape index (κ2) is 27.9. The maximum Gasteiger partial charge on any atom is 0.416 e. The topological polar surface area (TPSA) is 325 Å². The number of benzene rings is 3. The summed E-state index contributed by atoms with van der Waals surface area (Å²) in [5, 5.41) is 59.6. The van der Waals surface area contributed by atoms with Gasteiger partial charge >= 0.3 is 12.1 Å². The zero-order valence-electron chi connectivity index (χ0n) is 46.6. The van der Waals surface area contributed by atoms with Gasteiger partial charge in [-0.2, -0.15) is 0 Å². The fraction of sp³-hybridized carbons (Fsp3) is 0.491. The van der Waals surface area contributed by atoms with Crippen LogP contribution < -0.4 is 33.9 Å². The van der Waals surface area contributed by atoms with Crippen LogP contribution in [0.2, 0.25) is 0 Å². The molecule has 8 atom stereocenters. The summed E-state index contributed by atoms with van der Waals surface area (Å²) in [6.45, 7) is 13.1. The molecule has 4 amide bonds. The normalized spacial score (nSPS) is 22.6. The van der Waals surface area contributed by atoms with Crippen molar-refractivity contribution in [2.75, 3.05) is 85.0 Å². The van der Waals surface area contributed by atoms with Crippen molar-refractivity contribution < 1.29 is 97.0 Å². The van der Waals surface area contributed by atoms with Crippen LogP contribution in [-0.4, -0.2) is 206 Å². The lowest BCUT2D eigenvalue weighted by atomic mass is 9.99. The third-order valence-corrected chi connectivity index (χ3v) is 14.1. The predicted octanol–water partition coefficient (Wildman–Crippen LogP) is 3.51. The number of carbonyl (C=O) groups excluding carboxylic acids is 4. The molecular weight excluding hydrogens is 1090 g/mol. The monoisotopic (exact) mass is 1160 g/mol. The number of rotatable bonds is 26. The Kier molecular flexibility index (Phi) is 20.6. The number of carboxylic acid groups (broad SMARTS) is 1. The highest BCUT2D eigenvalue weighted by Gasteiger charge is 2.49. The first kappa shape index (κ1) is 61.2. The highest BCUT2D eigenvalue weighted by atomic mass is 16.7. The molecule has 83 heavy (non-hydrogen) atoms. The third-order valence-electron chi connectivity index (χ3n) is 14.1. The highest BCUT2D eigenvalue weighted by Crippen LogP contribution is 2.43. The Morgan fingerprint density at radius 2 is 1.40 bits per heavy atom. The maximum atomic E-state index is 14.5. The molecule has 0 aromatic heterocycles. The molecule has 0 saturated carbocycles. The van der Waals surface area contributed by atoms with Gasteiger partial charge in [-0.3, -0.25) is 19.4 Å². The standard InChI is InChI=1S/C57H70N6O20/c1-31(2)60-81-19-18-77-17-16-76-15-12-58-51(67)38-22-34(10-11-42(38)82-56-49(66)47(64)48(65)50(83-56)55(71)72)30-80-57(73)63-40-26-46(44(75-6)24-37(40)53(69)62-29-33(4)21-41(62)54(63)70)79-14-9-7-8-13-78-45-25-39-36(23-43(45)74-5)52(68)61-28-32(3)20-35(61)27-59-39/h10-11,22-27,35,41,47-50,54,56,64-66,70H,3-4,7-9,12-21,28-30H2,1-2,5-6H3,(H,58,67)(H,71,72)/t35-,41-,47-,48-,49+,50-,54?,56+/m0/s1. The first-order chi connectivity index (χ1) is 39.9. The number of hydrogen-bond donors (Lipinski definition) is 6. The smallest absolute Gasteiger partial charge is 0.416 e. The average molecular weight is 1160 g/mol. The lowest BCUT2D eigenvalue weighted by Gasteiger charge is -2.38. The molecular formula is C57H70N6O20. The number of methoxy groups -OCH3 is 2. The lowest BCUT2D eigenvalue weighted by molar-refractivity contribution is -0.271. The summed E-state index contributed by atoms with van der Waals surface area (Å²) in [7, 11) is 2.90. The van der Waals surface area contributed by atoms with Crippen LogP contribution in [-0.2, 0) is 35.2 Å². The van der Waals surface area contributed by atoms with Crippen molar-refractivity contribution in [1.29, 1.82) is 0 Å². The van der Waals surface area contributed by atoms with Crippen LogP contribution in [0, 0.1) is 0 Å². The Labute approximate surface area is 478 Å². The first-order valence-corrected chi connectivity index (χ1v) is 27.0. The molecule has 5 aliphatic heterocycles. The quantitative estimate of drug-likeness (QED) is 0.0290. The number of unbranched alkanes of at least 4 members (excludes halogenated alkanes) is 2. The minimum atomic E-state index is -2.01. The van der Waals surface area contributed by atoms with Crippen LogP contribution in [0.25, 0.3) is 0 Å². The summed E-state index contributed by atoms with van der Waals surface area (Å²) in [4.78, 5) is 81.7. The van der Waals surface area contributed by atoms with Crippen LogP contribution in [0.3, 0.4) is 0 Å². The van der Waals surface area contributed by atoms with Crippen molar-refractivity contribution in [2.45, 2.75) is 102 Å². The van der Waals surface area contributed by atoms with Gasteiger partial charge in [0.05, 0.1) is 99.7 Å². The molecule has 8 rings (SSSR count). The van der Waals surface area contributed by atoms with Crippen molar-refractivity contribution in [1.82, 2.24) is 15.1 Å². The number of anilines is 1. The number of amides is 4. The summed E-state index contributed by atoms with van der Waals surface area (Å²) in [5.74, 6) is -2.15. The SMILES string of the molecule is C=C1C[C@H]2C=Nc3cc(OCCCCCOc4cc5c(cc4OC)C(=O)N4CC(=C)C[C@H]4C(O)N5C(=O)OCc4ccc(O[C@@H]5O[C@H](C(=O)O)[C@@H](O)[C@H](O)[C@H]5O)c(C(=O)NCCOCCOCCON=C(C)C)c4)c(OC)cc3C(=O)N2C1. The van der Waals surface area contributed by atoms with E-state index in [1.807, 2.05) is 0 Å². The van der Waals surface area contributed by atoms with Crippen molar-refractivity contribution in [3.8, 4) is 28.7 Å². The molecule has 5 heterocycles. The summed E-state index contributed by atoms with van der Waals surface area (Å²) in [6.07, 6.45) is -8.21. The van der Waals surface area contributed by atoms with Crippen molar-refractivity contribution >= 4 is 53.1 Å². The molecule has 3 aromatic carbocycles. The van der Waals surface area contributed by atoms with E-state index in [4.69, 9.17) is 47.5 Å². The number of aliphatic carboxylic acids is 1. The van der Waals surface area contributed by atoms with Crippen LogP contribution in [0.5, 0.6) is 28.7 Å². The maximum absolute atomic E-state index is 14.5. The van der Waals surface area contributed by atoms with E-state index in [1.54, 1.807) is 37.1 Å². The summed E-state index contributed by atoms with van der Waals surface area (Å²) >= 11 is 0. The van der Waals surface area contributed by atoms with Crippen molar-refractivity contribution in [2.24, 2.45) is 10.1 Å². The zero-order chi connectivity index (χ0) is 59.5. The molecule has 0 radical (unpaired) electrons. The largest absolute Gasteiger partial charge is 0.493 e. The predicted molar refractivity (Wildman–Crippen MR) is 295 cm³/mol. The number of ether oxygens (including phenoxy) is 9. The molecule has 0 spiro atoms. The van der Waals surface area contributed by atoms with Gasteiger partial charge in [-0.05, 0) is 75.8 Å². The van der Waals surface area contributed by atoms with E-state index < -0.39 is 73.5 Å². The molecule has 3 aromatic rings. The molecule has 3 saturated heterocycles. The van der Waals surface area contributed by atoms with E-state index >= 15 is 0 Å². The molecule has 0 bridgehead atoms. The van der Waals surface area contributed by atoms with Gasteiger partial charge < -0.3 is 88.1 Å². The number of aliphatic hydroxyl groups excluding tert-OH is 4. The van der Waals surface area contributed by atoms with Gasteiger partial charge in [-0.1, -0.05) is 35.5 Å². The Hall–Kier alpha value is -7.85. The molecule has 448 valence electrons. The summed E-state index contributed by atoms with van der Waals surface area (Å²) in [6, 6.07) is 9.07. The fourth-order valence-corrected chi connectivity index (χ4v) is 9.90. The summed E-state index contributed by atoms with van der Waals surface area (Å²) < 4.78 is 51.6. The van der Waals surface area contributed by atoms with Crippen molar-refractivity contribution in [3.63, 3.8) is 0 Å². The first-order valence-electron chi connectivity index (χ1n) is 27.0. The minimum Gasteiger partial charge on any atom is -0.493 e. The molecule has 26 nitrogen and oxygen atoms in total. The highest BCUT2D eigenvalue weighted by molar-refractivity contribution is 6.06. The lowest BCUT2D eigenvalue weighted by Crippen LogP contribution is -2.61. The Bertz CT molecular complexity index is 2970. The van der Waals surface area contributed by atoms with Gasteiger partial charge in [0.2, 0.25) is 6.29 Å². The van der Waals surface area contributed by atoms with E-state index in [9.17, 15) is 49.5 Å². The Balaban J connectivity index is 0.934. The van der Waals surface area contributed by atoms with E-state index in [1.165, 1.54) is 49.5 Å². The van der Waals surface area contributed by atoms with Gasteiger partial charge in [0.15, 0.2) is 35.3 Å². The minimum absolute atomic E-state index is 0.00300. The Morgan fingerprint density at radius 3 is 2.10 bits per heavy atom. The van der Waals surface area contributed by atoms with Crippen LogP contribution in [0.15, 0.2) is 76.9 Å². The third kappa shape index (κ3) is 14.5. The van der Waals surface area contributed by atoms with Gasteiger partial charge in [0.25, 0.3) is 17.7 Å². The van der Waals surface area contributed by atoms with Gasteiger partial charge in [-0.15, -0.1) is 0 Å². The van der Waals surface area contributed by atoms with Gasteiger partial charge in [0, 0.05) is 38.0 Å². The molecule has 1 unspecified atom stereocenters. The number of aliphatic imine (C=N–C) groups is 1. The van der Waals surface area contributed by atoms with E-state index in [0.29, 0.717) is 67.2 Å². The molecule has 6 N–H and O–H groups in total. The second-order valence-corrected chi connectivity index (χ2v) is 20.4. The number of carboxylic acids is 1. The molecule has 5 aliphatic rings. The summed E-state index contributed by atoms with van der Waals surface area (Å²) in [5.41, 5.74) is 3.23. The Morgan fingerprint density at radius 1 is 0.747 bits per heavy atom. The van der Waals surface area contributed by atoms with Crippen LogP contribution in [0.4, 0.5) is 16.2 Å². The number of aliphatic hydroxyl groups is 4. The van der Waals surface area contributed by atoms with E-state index in [2.05, 4.69) is 28.6 Å². The van der Waals surface area contributed by atoms with Crippen LogP contribution in [0.1, 0.15) is 82.6 Å². The van der Waals surface area contributed by atoms with Crippen LogP contribution >= 0.6 is 0 Å². The number of nitrogens with one attached hydrogen (secondary N) is 1. The van der Waals surface area contributed by atoms with E-state index in [0.717, 1.165) is 16.2 Å². The average Bonchev–Trinajstić information content (AvgIpc) is 3.34. The molecule has 3 fully saturated rings. The van der Waals surface area contributed by atoms with Gasteiger partial charge in [0.1, 0.15) is 37.3 Å². The second-order valence-electron chi connectivity index (χ2n) is 20.4. The number of nitrogens with zero attached hydrogens (tertiary/aromatic N) is 5.